The van der Waals surface area contributed by atoms with Crippen LogP contribution >= 0.6 is 0 Å². The molecule has 0 aliphatic carbocycles. The van der Waals surface area contributed by atoms with E-state index in [0.717, 1.165) is 6.42 Å². The molecule has 0 aromatic carbocycles. The van der Waals surface area contributed by atoms with E-state index >= 15 is 0 Å². The van der Waals surface area contributed by atoms with Crippen LogP contribution in [-0.2, 0) is 0 Å². The molecule has 74 valence electrons. The molecule has 0 heteroatoms. The van der Waals surface area contributed by atoms with Crippen molar-refractivity contribution in [3.8, 4) is 0 Å². The zero-order valence-corrected chi connectivity index (χ0v) is 9.65. The van der Waals surface area contributed by atoms with Crippen LogP contribution in [0.2, 0.25) is 0 Å². The molecule has 13 heavy (non-hydrogen) atoms. The van der Waals surface area contributed by atoms with Crippen LogP contribution < -0.4 is 0 Å². The van der Waals surface area contributed by atoms with E-state index in [1.807, 2.05) is 6.08 Å². The van der Waals surface area contributed by atoms with Crippen LogP contribution in [0.5, 0.6) is 0 Å². The van der Waals surface area contributed by atoms with Gasteiger partial charge in [0.15, 0.2) is 0 Å². The topological polar surface area (TPSA) is 0 Å². The van der Waals surface area contributed by atoms with Crippen LogP contribution in [0.25, 0.3) is 0 Å². The average Bonchev–Trinajstić information content (AvgIpc) is 2.01. The summed E-state index contributed by atoms with van der Waals surface area (Å²) in [7, 11) is 0. The number of allylic oxidation sites excluding steroid dienone is 5. The highest BCUT2D eigenvalue weighted by Crippen LogP contribution is 2.27. The largest absolute Gasteiger partial charge is 0.0991 e. The molecule has 0 aliphatic rings. The van der Waals surface area contributed by atoms with E-state index in [-0.39, 0.29) is 5.41 Å². The van der Waals surface area contributed by atoms with E-state index < -0.39 is 0 Å². The van der Waals surface area contributed by atoms with Crippen molar-refractivity contribution in [3.63, 3.8) is 0 Å². The summed E-state index contributed by atoms with van der Waals surface area (Å²) in [5.74, 6) is 0. The summed E-state index contributed by atoms with van der Waals surface area (Å²) in [4.78, 5) is 0. The van der Waals surface area contributed by atoms with Gasteiger partial charge in [0.05, 0.1) is 0 Å². The lowest BCUT2D eigenvalue weighted by molar-refractivity contribution is 0.516. The average molecular weight is 178 g/mol. The van der Waals surface area contributed by atoms with E-state index in [2.05, 4.69) is 53.3 Å². The van der Waals surface area contributed by atoms with Crippen molar-refractivity contribution in [1.82, 2.24) is 0 Å². The molecule has 0 rings (SSSR count). The van der Waals surface area contributed by atoms with E-state index in [9.17, 15) is 0 Å². The maximum absolute atomic E-state index is 3.74. The van der Waals surface area contributed by atoms with Crippen molar-refractivity contribution in [2.75, 3.05) is 0 Å². The molecular weight excluding hydrogens is 156 g/mol. The predicted octanol–water partition coefficient (Wildman–Crippen LogP) is 4.50. The SMILES string of the molecule is C=C/C=C(\C=C(/C)CC)C(C)(C)C. The van der Waals surface area contributed by atoms with Gasteiger partial charge >= 0.3 is 0 Å². The van der Waals surface area contributed by atoms with Gasteiger partial charge in [0, 0.05) is 0 Å². The van der Waals surface area contributed by atoms with Gasteiger partial charge in [-0.2, -0.15) is 0 Å². The van der Waals surface area contributed by atoms with Gasteiger partial charge < -0.3 is 0 Å². The fraction of sp³-hybridized carbons (Fsp3) is 0.538. The highest BCUT2D eigenvalue weighted by Gasteiger charge is 2.13. The third-order valence-corrected chi connectivity index (χ3v) is 2.12. The monoisotopic (exact) mass is 178 g/mol. The normalized spacial score (nSPS) is 14.5. The number of hydrogen-bond acceptors (Lipinski definition) is 0. The maximum atomic E-state index is 3.74. The van der Waals surface area contributed by atoms with Gasteiger partial charge in [0.25, 0.3) is 0 Å². The lowest BCUT2D eigenvalue weighted by Gasteiger charge is -2.20. The third kappa shape index (κ3) is 4.72. The molecule has 0 heterocycles. The van der Waals surface area contributed by atoms with Crippen molar-refractivity contribution in [2.24, 2.45) is 5.41 Å². The Bertz CT molecular complexity index is 221. The second kappa shape index (κ2) is 5.06. The van der Waals surface area contributed by atoms with Crippen LogP contribution in [0, 0.1) is 5.41 Å². The zero-order valence-electron chi connectivity index (χ0n) is 9.65. The van der Waals surface area contributed by atoms with Gasteiger partial charge in [-0.25, -0.2) is 0 Å². The smallest absolute Gasteiger partial charge is 0.0132 e. The summed E-state index contributed by atoms with van der Waals surface area (Å²) in [6.07, 6.45) is 7.34. The van der Waals surface area contributed by atoms with Crippen molar-refractivity contribution < 1.29 is 0 Å². The van der Waals surface area contributed by atoms with E-state index in [1.54, 1.807) is 0 Å². The molecule has 0 bridgehead atoms. The summed E-state index contributed by atoms with van der Waals surface area (Å²) >= 11 is 0. The molecule has 0 unspecified atom stereocenters. The first-order valence-electron chi connectivity index (χ1n) is 4.92. The Morgan fingerprint density at radius 1 is 1.31 bits per heavy atom. The van der Waals surface area contributed by atoms with Crippen LogP contribution in [-0.4, -0.2) is 0 Å². The maximum Gasteiger partial charge on any atom is -0.0132 e. The highest BCUT2D eigenvalue weighted by atomic mass is 14.2. The van der Waals surface area contributed by atoms with Gasteiger partial charge in [-0.3, -0.25) is 0 Å². The summed E-state index contributed by atoms with van der Waals surface area (Å²) in [6, 6.07) is 0. The quantitative estimate of drug-likeness (QED) is 0.558. The van der Waals surface area contributed by atoms with Gasteiger partial charge in [-0.1, -0.05) is 58.1 Å². The zero-order chi connectivity index (χ0) is 10.5. The van der Waals surface area contributed by atoms with Gasteiger partial charge in [-0.15, -0.1) is 0 Å². The molecule has 0 aromatic rings. The minimum atomic E-state index is 0.213. The molecule has 0 saturated heterocycles. The van der Waals surface area contributed by atoms with Crippen molar-refractivity contribution in [2.45, 2.75) is 41.0 Å². The first kappa shape index (κ1) is 12.2. The number of hydrogen-bond donors (Lipinski definition) is 0. The molecule has 0 radical (unpaired) electrons. The second-order valence-electron chi connectivity index (χ2n) is 4.45. The minimum Gasteiger partial charge on any atom is -0.0991 e. The molecule has 0 aliphatic heterocycles. The van der Waals surface area contributed by atoms with Gasteiger partial charge in [-0.05, 0) is 24.3 Å². The Balaban J connectivity index is 4.86. The van der Waals surface area contributed by atoms with Crippen LogP contribution in [0.15, 0.2) is 36.0 Å². The summed E-state index contributed by atoms with van der Waals surface area (Å²) < 4.78 is 0. The second-order valence-corrected chi connectivity index (χ2v) is 4.45. The molecule has 0 atom stereocenters. The Morgan fingerprint density at radius 2 is 1.85 bits per heavy atom. The fourth-order valence-electron chi connectivity index (χ4n) is 1.01. The minimum absolute atomic E-state index is 0.213. The molecule has 0 aromatic heterocycles. The van der Waals surface area contributed by atoms with E-state index in [4.69, 9.17) is 0 Å². The van der Waals surface area contributed by atoms with Gasteiger partial charge in [0.1, 0.15) is 0 Å². The van der Waals surface area contributed by atoms with Crippen LogP contribution in [0.4, 0.5) is 0 Å². The van der Waals surface area contributed by atoms with Crippen molar-refractivity contribution in [3.05, 3.63) is 36.0 Å². The Hall–Kier alpha value is -0.780. The van der Waals surface area contributed by atoms with Crippen LogP contribution in [0.3, 0.4) is 0 Å². The first-order chi connectivity index (χ1) is 5.91. The molecule has 0 spiro atoms. The Morgan fingerprint density at radius 3 is 2.15 bits per heavy atom. The summed E-state index contributed by atoms with van der Waals surface area (Å²) in [5, 5.41) is 0. The fourth-order valence-corrected chi connectivity index (χ4v) is 1.01. The molecular formula is C13H22. The molecule has 0 amide bonds. The summed E-state index contributed by atoms with van der Waals surface area (Å²) in [6.45, 7) is 14.8. The molecule has 0 nitrogen and oxygen atoms in total. The Kier molecular flexibility index (Phi) is 4.76. The molecule has 0 N–H and O–H groups in total. The van der Waals surface area contributed by atoms with Gasteiger partial charge in [0.2, 0.25) is 0 Å². The first-order valence-corrected chi connectivity index (χ1v) is 4.92. The predicted molar refractivity (Wildman–Crippen MR) is 61.8 cm³/mol. The highest BCUT2D eigenvalue weighted by molar-refractivity contribution is 5.30. The number of rotatable bonds is 3. The van der Waals surface area contributed by atoms with Crippen molar-refractivity contribution >= 4 is 0 Å². The lowest BCUT2D eigenvalue weighted by atomic mass is 9.85. The molecule has 0 saturated carbocycles. The van der Waals surface area contributed by atoms with E-state index in [1.165, 1.54) is 11.1 Å². The third-order valence-electron chi connectivity index (χ3n) is 2.12. The van der Waals surface area contributed by atoms with Crippen molar-refractivity contribution in [1.29, 1.82) is 0 Å². The van der Waals surface area contributed by atoms with E-state index in [0.29, 0.717) is 0 Å². The summed E-state index contributed by atoms with van der Waals surface area (Å²) in [5.41, 5.74) is 2.98. The molecule has 0 fully saturated rings. The Labute approximate surface area is 83.0 Å². The van der Waals surface area contributed by atoms with Crippen LogP contribution in [0.1, 0.15) is 41.0 Å². The standard InChI is InChI=1S/C13H22/c1-7-9-12(13(4,5)6)10-11(3)8-2/h7,9-10H,1,8H2,2-6H3/b11-10+,12-9+. The lowest BCUT2D eigenvalue weighted by Crippen LogP contribution is -2.07.